The Morgan fingerprint density at radius 1 is 1.36 bits per heavy atom. The number of hydrogen-bond acceptors (Lipinski definition) is 3. The molecule has 0 aromatic heterocycles. The third kappa shape index (κ3) is 6.51. The van der Waals surface area contributed by atoms with Gasteiger partial charge in [0.1, 0.15) is 5.75 Å². The predicted octanol–water partition coefficient (Wildman–Crippen LogP) is 3.05. The van der Waals surface area contributed by atoms with Crippen LogP contribution >= 0.6 is 11.8 Å². The molecule has 7 heteroatoms. The maximum atomic E-state index is 12.1. The fraction of sp³-hybridized carbons (Fsp3) is 0.533. The van der Waals surface area contributed by atoms with E-state index in [1.165, 1.54) is 0 Å². The van der Waals surface area contributed by atoms with Crippen LogP contribution in [-0.4, -0.2) is 49.6 Å². The first kappa shape index (κ1) is 18.5. The summed E-state index contributed by atoms with van der Waals surface area (Å²) in [6, 6.07) is 6.63. The van der Waals surface area contributed by atoms with E-state index in [0.29, 0.717) is 11.8 Å². The number of aliphatic imine (C=N–C) groups is 1. The lowest BCUT2D eigenvalue weighted by Crippen LogP contribution is -2.40. The van der Waals surface area contributed by atoms with Crippen LogP contribution in [0.2, 0.25) is 0 Å². The molecule has 0 amide bonds. The van der Waals surface area contributed by atoms with Crippen molar-refractivity contribution in [3.05, 3.63) is 29.8 Å². The van der Waals surface area contributed by atoms with E-state index < -0.39 is 6.61 Å². The minimum atomic E-state index is -2.80. The third-order valence-corrected chi connectivity index (χ3v) is 4.06. The van der Waals surface area contributed by atoms with Crippen LogP contribution in [0.1, 0.15) is 12.5 Å². The van der Waals surface area contributed by atoms with E-state index in [2.05, 4.69) is 28.2 Å². The fourth-order valence-corrected chi connectivity index (χ4v) is 2.08. The average molecular weight is 331 g/mol. The molecule has 0 heterocycles. The van der Waals surface area contributed by atoms with Gasteiger partial charge in [-0.3, -0.25) is 4.99 Å². The molecule has 0 bridgehead atoms. The number of nitrogens with zero attached hydrogens (tertiary/aromatic N) is 2. The first-order chi connectivity index (χ1) is 10.5. The second-order valence-corrected chi connectivity index (χ2v) is 6.13. The first-order valence-corrected chi connectivity index (χ1v) is 8.23. The minimum Gasteiger partial charge on any atom is -0.435 e. The number of hydrogen-bond donors (Lipinski definition) is 1. The maximum absolute atomic E-state index is 12.1. The molecule has 0 aliphatic rings. The van der Waals surface area contributed by atoms with Crippen molar-refractivity contribution in [3.8, 4) is 5.75 Å². The average Bonchev–Trinajstić information content (AvgIpc) is 2.49. The first-order valence-electron chi connectivity index (χ1n) is 6.94. The Morgan fingerprint density at radius 2 is 2.00 bits per heavy atom. The summed E-state index contributed by atoms with van der Waals surface area (Å²) in [6.45, 7) is 0.809. The summed E-state index contributed by atoms with van der Waals surface area (Å²) in [5.74, 6) is 0.964. The number of halogens is 2. The van der Waals surface area contributed by atoms with Crippen molar-refractivity contribution in [1.82, 2.24) is 10.2 Å². The summed E-state index contributed by atoms with van der Waals surface area (Å²) in [5, 5.41) is 3.81. The molecule has 0 aliphatic carbocycles. The predicted molar refractivity (Wildman–Crippen MR) is 88.9 cm³/mol. The molecular weight excluding hydrogens is 308 g/mol. The van der Waals surface area contributed by atoms with Crippen molar-refractivity contribution < 1.29 is 13.5 Å². The second-order valence-electron chi connectivity index (χ2n) is 4.85. The van der Waals surface area contributed by atoms with Gasteiger partial charge in [-0.25, -0.2) is 0 Å². The molecule has 0 spiro atoms. The van der Waals surface area contributed by atoms with Crippen molar-refractivity contribution in [2.45, 2.75) is 25.3 Å². The highest BCUT2D eigenvalue weighted by Gasteiger charge is 2.09. The SMILES string of the molecule is CN=C(NCC(C)SC)N(C)Cc1ccc(OC(F)F)cc1. The van der Waals surface area contributed by atoms with Crippen molar-refractivity contribution in [3.63, 3.8) is 0 Å². The Hall–Kier alpha value is -1.50. The van der Waals surface area contributed by atoms with E-state index in [0.717, 1.165) is 18.1 Å². The van der Waals surface area contributed by atoms with Gasteiger partial charge in [-0.05, 0) is 24.0 Å². The zero-order valence-electron chi connectivity index (χ0n) is 13.3. The van der Waals surface area contributed by atoms with E-state index in [-0.39, 0.29) is 5.75 Å². The number of thioether (sulfide) groups is 1. The number of nitrogens with one attached hydrogen (secondary N) is 1. The third-order valence-electron chi connectivity index (χ3n) is 3.09. The summed E-state index contributed by atoms with van der Waals surface area (Å²) in [6.07, 6.45) is 2.07. The van der Waals surface area contributed by atoms with Crippen LogP contribution in [-0.2, 0) is 6.54 Å². The lowest BCUT2D eigenvalue weighted by atomic mass is 10.2. The van der Waals surface area contributed by atoms with Crippen LogP contribution in [0.25, 0.3) is 0 Å². The zero-order chi connectivity index (χ0) is 16.5. The standard InChI is InChI=1S/C15H23F2N3OS/c1-11(22-4)9-19-15(18-2)20(3)10-12-5-7-13(8-6-12)21-14(16)17/h5-8,11,14H,9-10H2,1-4H3,(H,18,19). The van der Waals surface area contributed by atoms with E-state index in [9.17, 15) is 8.78 Å². The van der Waals surface area contributed by atoms with Gasteiger partial charge in [0.05, 0.1) is 0 Å². The quantitative estimate of drug-likeness (QED) is 0.615. The summed E-state index contributed by atoms with van der Waals surface area (Å²) >= 11 is 1.79. The van der Waals surface area contributed by atoms with Gasteiger partial charge in [-0.2, -0.15) is 20.5 Å². The highest BCUT2D eigenvalue weighted by molar-refractivity contribution is 7.99. The van der Waals surface area contributed by atoms with E-state index >= 15 is 0 Å². The second kappa shape index (κ2) is 9.50. The Morgan fingerprint density at radius 3 is 2.50 bits per heavy atom. The van der Waals surface area contributed by atoms with Crippen molar-refractivity contribution >= 4 is 17.7 Å². The van der Waals surface area contributed by atoms with Crippen LogP contribution in [0.15, 0.2) is 29.3 Å². The molecule has 22 heavy (non-hydrogen) atoms. The molecule has 4 nitrogen and oxygen atoms in total. The molecule has 1 aromatic carbocycles. The van der Waals surface area contributed by atoms with E-state index in [4.69, 9.17) is 0 Å². The number of rotatable bonds is 7. The smallest absolute Gasteiger partial charge is 0.387 e. The Kier molecular flexibility index (Phi) is 8.01. The summed E-state index contributed by atoms with van der Waals surface area (Å²) in [5.41, 5.74) is 0.991. The highest BCUT2D eigenvalue weighted by Crippen LogP contribution is 2.15. The van der Waals surface area contributed by atoms with Crippen LogP contribution in [0.4, 0.5) is 8.78 Å². The van der Waals surface area contributed by atoms with Crippen LogP contribution in [0.3, 0.4) is 0 Å². The lowest BCUT2D eigenvalue weighted by molar-refractivity contribution is -0.0498. The molecule has 1 aromatic rings. The van der Waals surface area contributed by atoms with Gasteiger partial charge in [0.25, 0.3) is 0 Å². The van der Waals surface area contributed by atoms with Crippen molar-refractivity contribution in [2.75, 3.05) is 26.9 Å². The summed E-state index contributed by atoms with van der Waals surface area (Å²) < 4.78 is 28.5. The Bertz CT molecular complexity index is 468. The van der Waals surface area contributed by atoms with Crippen molar-refractivity contribution in [2.24, 2.45) is 4.99 Å². The molecule has 1 atom stereocenters. The fourth-order valence-electron chi connectivity index (χ4n) is 1.83. The van der Waals surface area contributed by atoms with Crippen molar-refractivity contribution in [1.29, 1.82) is 0 Å². The summed E-state index contributed by atoms with van der Waals surface area (Å²) in [7, 11) is 3.67. The Labute approximate surface area is 134 Å². The molecular formula is C15H23F2N3OS. The topological polar surface area (TPSA) is 36.9 Å². The van der Waals surface area contributed by atoms with Gasteiger partial charge in [0.2, 0.25) is 0 Å². The highest BCUT2D eigenvalue weighted by atomic mass is 32.2. The van der Waals surface area contributed by atoms with Crippen LogP contribution in [0, 0.1) is 0 Å². The Balaban J connectivity index is 2.56. The minimum absolute atomic E-state index is 0.165. The molecule has 1 N–H and O–H groups in total. The lowest BCUT2D eigenvalue weighted by Gasteiger charge is -2.23. The van der Waals surface area contributed by atoms with Crippen LogP contribution in [0.5, 0.6) is 5.75 Å². The molecule has 0 saturated carbocycles. The van der Waals surface area contributed by atoms with E-state index in [1.807, 2.05) is 11.9 Å². The van der Waals surface area contributed by atoms with E-state index in [1.54, 1.807) is 43.1 Å². The van der Waals surface area contributed by atoms with Gasteiger partial charge in [-0.15, -0.1) is 0 Å². The normalized spacial score (nSPS) is 13.1. The molecule has 0 saturated heterocycles. The molecule has 124 valence electrons. The largest absolute Gasteiger partial charge is 0.435 e. The molecule has 0 aliphatic heterocycles. The van der Waals surface area contributed by atoms with Gasteiger partial charge >= 0.3 is 6.61 Å². The molecule has 0 fully saturated rings. The molecule has 0 radical (unpaired) electrons. The van der Waals surface area contributed by atoms with Crippen LogP contribution < -0.4 is 10.1 Å². The van der Waals surface area contributed by atoms with Gasteiger partial charge in [0.15, 0.2) is 5.96 Å². The molecule has 1 rings (SSSR count). The number of benzene rings is 1. The van der Waals surface area contributed by atoms with Gasteiger partial charge in [-0.1, -0.05) is 19.1 Å². The maximum Gasteiger partial charge on any atom is 0.387 e. The summed E-state index contributed by atoms with van der Waals surface area (Å²) in [4.78, 5) is 6.23. The number of alkyl halides is 2. The van der Waals surface area contributed by atoms with Gasteiger partial charge in [0, 0.05) is 32.4 Å². The van der Waals surface area contributed by atoms with Gasteiger partial charge < -0.3 is 15.0 Å². The molecule has 1 unspecified atom stereocenters. The monoisotopic (exact) mass is 331 g/mol. The number of guanidine groups is 1. The number of ether oxygens (including phenoxy) is 1. The zero-order valence-corrected chi connectivity index (χ0v) is 14.2.